The van der Waals surface area contributed by atoms with Gasteiger partial charge < -0.3 is 14.2 Å². The van der Waals surface area contributed by atoms with Crippen molar-refractivity contribution < 1.29 is 23.5 Å². The summed E-state index contributed by atoms with van der Waals surface area (Å²) in [6.45, 7) is 0.0109. The van der Waals surface area contributed by atoms with Crippen molar-refractivity contribution in [2.45, 2.75) is 25.3 Å². The molecule has 0 aliphatic carbocycles. The number of rotatable bonds is 10. The molecule has 0 radical (unpaired) electrons. The van der Waals surface area contributed by atoms with Crippen molar-refractivity contribution in [3.05, 3.63) is 108 Å². The van der Waals surface area contributed by atoms with E-state index in [0.29, 0.717) is 0 Å². The van der Waals surface area contributed by atoms with Crippen molar-refractivity contribution in [3.63, 3.8) is 0 Å². The minimum Gasteiger partial charge on any atom is -0.481 e. The van der Waals surface area contributed by atoms with Crippen molar-refractivity contribution in [3.8, 4) is 0 Å². The molecule has 0 bridgehead atoms. The second-order valence-electron chi connectivity index (χ2n) is 6.60. The van der Waals surface area contributed by atoms with E-state index in [-0.39, 0.29) is 19.6 Å². The number of aliphatic carboxylic acids is 1. The van der Waals surface area contributed by atoms with Gasteiger partial charge in [-0.1, -0.05) is 91.0 Å². The molecule has 0 saturated heterocycles. The van der Waals surface area contributed by atoms with Crippen LogP contribution < -0.4 is 0 Å². The van der Waals surface area contributed by atoms with Crippen molar-refractivity contribution in [2.75, 3.05) is 0 Å². The summed E-state index contributed by atoms with van der Waals surface area (Å²) >= 11 is 0. The predicted molar refractivity (Wildman–Crippen MR) is 112 cm³/mol. The Kier molecular flexibility index (Phi) is 7.36. The molecule has 0 aliphatic heterocycles. The summed E-state index contributed by atoms with van der Waals surface area (Å²) in [5.41, 5.74) is 1.03. The molecule has 150 valence electrons. The quantitative estimate of drug-likeness (QED) is 0.459. The fourth-order valence-corrected chi connectivity index (χ4v) is 4.66. The monoisotopic (exact) mass is 410 g/mol. The summed E-state index contributed by atoms with van der Waals surface area (Å²) in [4.78, 5) is 12.0. The zero-order valence-electron chi connectivity index (χ0n) is 15.9. The Labute approximate surface area is 170 Å². The molecule has 29 heavy (non-hydrogen) atoms. The van der Waals surface area contributed by atoms with Gasteiger partial charge >= 0.3 is 13.6 Å². The maximum atomic E-state index is 13.7. The molecular weight excluding hydrogens is 387 g/mol. The number of carboxylic acids is 1. The number of hydrogen-bond donors (Lipinski definition) is 1. The van der Waals surface area contributed by atoms with Gasteiger partial charge in [-0.2, -0.15) is 0 Å². The van der Waals surface area contributed by atoms with E-state index in [9.17, 15) is 14.5 Å². The van der Waals surface area contributed by atoms with Crippen LogP contribution in [0.2, 0.25) is 0 Å². The molecule has 1 atom stereocenters. The summed E-state index contributed by atoms with van der Waals surface area (Å²) in [5.74, 6) is -1.21. The Hall–Kier alpha value is -2.72. The average Bonchev–Trinajstić information content (AvgIpc) is 2.77. The van der Waals surface area contributed by atoms with E-state index >= 15 is 0 Å². The van der Waals surface area contributed by atoms with Gasteiger partial charge in [0.1, 0.15) is 0 Å². The fraction of sp³-hybridized carbons (Fsp3) is 0.174. The SMILES string of the molecule is O=C(O)[C@H](Cc1ccccc1)P(=O)(OCc1ccccc1)OCc1ccccc1. The van der Waals surface area contributed by atoms with Gasteiger partial charge in [0, 0.05) is 0 Å². The van der Waals surface area contributed by atoms with Crippen LogP contribution in [-0.2, 0) is 38.0 Å². The first-order valence-corrected chi connectivity index (χ1v) is 10.9. The lowest BCUT2D eigenvalue weighted by Gasteiger charge is -2.24. The number of carboxylic acid groups (broad SMARTS) is 1. The van der Waals surface area contributed by atoms with Crippen molar-refractivity contribution in [1.82, 2.24) is 0 Å². The Morgan fingerprint density at radius 3 is 1.48 bits per heavy atom. The molecule has 3 aromatic carbocycles. The molecule has 0 fully saturated rings. The minimum absolute atomic E-state index is 0.00543. The highest BCUT2D eigenvalue weighted by molar-refractivity contribution is 7.55. The zero-order valence-corrected chi connectivity index (χ0v) is 16.8. The standard InChI is InChI=1S/C23H23O5P/c24-23(25)22(16-19-10-4-1-5-11-19)29(26,27-17-20-12-6-2-7-13-20)28-18-21-14-8-3-9-15-21/h1-15,22H,16-18H2,(H,24,25)/t22-/m0/s1. The molecule has 3 rings (SSSR count). The lowest BCUT2D eigenvalue weighted by molar-refractivity contribution is -0.137. The third-order valence-corrected chi connectivity index (χ3v) is 6.59. The van der Waals surface area contributed by atoms with E-state index in [1.165, 1.54) is 0 Å². The second-order valence-corrected chi connectivity index (χ2v) is 8.82. The smallest absolute Gasteiger partial charge is 0.345 e. The summed E-state index contributed by atoms with van der Waals surface area (Å²) in [5, 5.41) is 9.83. The lowest BCUT2D eigenvalue weighted by Crippen LogP contribution is -2.25. The highest BCUT2D eigenvalue weighted by atomic mass is 31.2. The summed E-state index contributed by atoms with van der Waals surface area (Å²) < 4.78 is 25.1. The van der Waals surface area contributed by atoms with Crippen molar-refractivity contribution >= 4 is 13.6 Å². The molecule has 0 heterocycles. The highest BCUT2D eigenvalue weighted by Crippen LogP contribution is 2.55. The van der Waals surface area contributed by atoms with Gasteiger partial charge in [0.2, 0.25) is 0 Å². The predicted octanol–water partition coefficient (Wildman–Crippen LogP) is 5.31. The van der Waals surface area contributed by atoms with E-state index in [4.69, 9.17) is 9.05 Å². The third kappa shape index (κ3) is 6.13. The van der Waals surface area contributed by atoms with Crippen LogP contribution in [-0.4, -0.2) is 16.7 Å². The van der Waals surface area contributed by atoms with Gasteiger partial charge in [-0.3, -0.25) is 9.36 Å². The van der Waals surface area contributed by atoms with Gasteiger partial charge in [-0.15, -0.1) is 0 Å². The Morgan fingerprint density at radius 2 is 1.10 bits per heavy atom. The minimum atomic E-state index is -3.98. The lowest BCUT2D eigenvalue weighted by atomic mass is 10.1. The normalized spacial score (nSPS) is 12.4. The first-order chi connectivity index (χ1) is 14.1. The molecule has 6 heteroatoms. The topological polar surface area (TPSA) is 72.8 Å². The summed E-state index contributed by atoms with van der Waals surface area (Å²) in [6.07, 6.45) is 0.0526. The molecule has 0 unspecified atom stereocenters. The fourth-order valence-electron chi connectivity index (χ4n) is 2.87. The number of carbonyl (C=O) groups is 1. The molecule has 0 aliphatic rings. The van der Waals surface area contributed by atoms with Crippen LogP contribution in [0.5, 0.6) is 0 Å². The first-order valence-electron chi connectivity index (χ1n) is 9.30. The van der Waals surface area contributed by atoms with Crippen LogP contribution in [0.3, 0.4) is 0 Å². The van der Waals surface area contributed by atoms with Crippen LogP contribution in [0, 0.1) is 0 Å². The van der Waals surface area contributed by atoms with E-state index in [2.05, 4.69) is 0 Å². The van der Waals surface area contributed by atoms with Crippen molar-refractivity contribution in [1.29, 1.82) is 0 Å². The maximum Gasteiger partial charge on any atom is 0.345 e. The third-order valence-electron chi connectivity index (χ3n) is 4.45. The van der Waals surface area contributed by atoms with E-state index in [1.807, 2.05) is 78.9 Å². The van der Waals surface area contributed by atoms with Gasteiger partial charge in [-0.05, 0) is 23.1 Å². The molecule has 5 nitrogen and oxygen atoms in total. The number of benzene rings is 3. The summed E-state index contributed by atoms with van der Waals surface area (Å²) in [7, 11) is -3.98. The molecular formula is C23H23O5P. The van der Waals surface area contributed by atoms with Gasteiger partial charge in [0.15, 0.2) is 5.66 Å². The second kappa shape index (κ2) is 10.2. The van der Waals surface area contributed by atoms with E-state index in [0.717, 1.165) is 16.7 Å². The van der Waals surface area contributed by atoms with Crippen LogP contribution >= 0.6 is 7.60 Å². The Bertz CT molecular complexity index is 897. The van der Waals surface area contributed by atoms with Crippen LogP contribution in [0.4, 0.5) is 0 Å². The van der Waals surface area contributed by atoms with Crippen LogP contribution in [0.1, 0.15) is 16.7 Å². The van der Waals surface area contributed by atoms with Crippen molar-refractivity contribution in [2.24, 2.45) is 0 Å². The van der Waals surface area contributed by atoms with Gasteiger partial charge in [0.05, 0.1) is 13.2 Å². The van der Waals surface area contributed by atoms with E-state index < -0.39 is 19.2 Å². The summed E-state index contributed by atoms with van der Waals surface area (Å²) in [6, 6.07) is 27.5. The van der Waals surface area contributed by atoms with Gasteiger partial charge in [0.25, 0.3) is 0 Å². The first kappa shape index (κ1) is 21.0. The van der Waals surface area contributed by atoms with Gasteiger partial charge in [-0.25, -0.2) is 0 Å². The van der Waals surface area contributed by atoms with Crippen LogP contribution in [0.25, 0.3) is 0 Å². The molecule has 3 aromatic rings. The molecule has 0 amide bonds. The molecule has 0 spiro atoms. The average molecular weight is 410 g/mol. The zero-order chi connectivity index (χ0) is 20.5. The molecule has 0 saturated carbocycles. The molecule has 0 aromatic heterocycles. The number of hydrogen-bond acceptors (Lipinski definition) is 4. The molecule has 1 N–H and O–H groups in total. The highest BCUT2D eigenvalue weighted by Gasteiger charge is 2.42. The Morgan fingerprint density at radius 1 is 0.724 bits per heavy atom. The van der Waals surface area contributed by atoms with Crippen LogP contribution in [0.15, 0.2) is 91.0 Å². The van der Waals surface area contributed by atoms with E-state index in [1.54, 1.807) is 12.1 Å². The Balaban J connectivity index is 1.83. The maximum absolute atomic E-state index is 13.7. The largest absolute Gasteiger partial charge is 0.481 e.